The fraction of sp³-hybridized carbons (Fsp3) is 0.643. The zero-order valence-corrected chi connectivity index (χ0v) is 22.5. The summed E-state index contributed by atoms with van der Waals surface area (Å²) in [4.78, 5) is 17.3. The molecule has 1 aromatic heterocycles. The van der Waals surface area contributed by atoms with Gasteiger partial charge in [0.1, 0.15) is 0 Å². The first-order valence-electron chi connectivity index (χ1n) is 13.1. The van der Waals surface area contributed by atoms with Crippen LogP contribution >= 0.6 is 11.8 Å². The topological polar surface area (TPSA) is 35.5 Å². The van der Waals surface area contributed by atoms with Crippen molar-refractivity contribution >= 4 is 17.7 Å². The number of thioether (sulfide) groups is 1. The monoisotopic (exact) mass is 483 g/mol. The van der Waals surface area contributed by atoms with Crippen LogP contribution in [0.15, 0.2) is 43.2 Å². The van der Waals surface area contributed by atoms with Gasteiger partial charge in [-0.05, 0) is 51.3 Å². The van der Waals surface area contributed by atoms with Gasteiger partial charge in [0, 0.05) is 69.7 Å². The Hall–Kier alpha value is -1.63. The van der Waals surface area contributed by atoms with E-state index in [-0.39, 0.29) is 0 Å². The summed E-state index contributed by atoms with van der Waals surface area (Å²) >= 11 is 1.86. The van der Waals surface area contributed by atoms with Crippen LogP contribution in [0.25, 0.3) is 0 Å². The van der Waals surface area contributed by atoms with E-state index in [1.54, 1.807) is 0 Å². The third-order valence-corrected chi connectivity index (χ3v) is 8.11. The summed E-state index contributed by atoms with van der Waals surface area (Å²) in [6.45, 7) is 15.7. The summed E-state index contributed by atoms with van der Waals surface area (Å²) in [5.74, 6) is 0.948. The summed E-state index contributed by atoms with van der Waals surface area (Å²) in [5, 5.41) is 0.685. The van der Waals surface area contributed by atoms with Gasteiger partial charge < -0.3 is 9.80 Å². The summed E-state index contributed by atoms with van der Waals surface area (Å²) < 4.78 is 0. The van der Waals surface area contributed by atoms with Crippen LogP contribution in [-0.2, 0) is 12.8 Å². The third kappa shape index (κ3) is 8.24. The second-order valence-electron chi connectivity index (χ2n) is 9.51. The molecule has 5 nitrogen and oxygen atoms in total. The van der Waals surface area contributed by atoms with E-state index in [2.05, 4.69) is 58.9 Å². The van der Waals surface area contributed by atoms with Crippen molar-refractivity contribution in [2.24, 2.45) is 0 Å². The van der Waals surface area contributed by atoms with Crippen LogP contribution in [0.4, 0.5) is 5.95 Å². The molecule has 0 N–H and O–H groups in total. The highest BCUT2D eigenvalue weighted by molar-refractivity contribution is 7.99. The zero-order chi connectivity index (χ0) is 24.2. The van der Waals surface area contributed by atoms with Crippen molar-refractivity contribution < 1.29 is 0 Å². The maximum Gasteiger partial charge on any atom is 0.225 e. The van der Waals surface area contributed by atoms with Gasteiger partial charge in [0.2, 0.25) is 5.95 Å². The van der Waals surface area contributed by atoms with Crippen LogP contribution in [0.1, 0.15) is 50.8 Å². The Morgan fingerprint density at radius 1 is 1.15 bits per heavy atom. The van der Waals surface area contributed by atoms with Crippen LogP contribution in [0, 0.1) is 0 Å². The Labute approximate surface area is 212 Å². The van der Waals surface area contributed by atoms with Gasteiger partial charge in [-0.3, -0.25) is 4.90 Å². The summed E-state index contributed by atoms with van der Waals surface area (Å²) in [6, 6.07) is 0.854. The summed E-state index contributed by atoms with van der Waals surface area (Å²) in [7, 11) is 0. The van der Waals surface area contributed by atoms with Crippen LogP contribution in [-0.4, -0.2) is 83.1 Å². The lowest BCUT2D eigenvalue weighted by Gasteiger charge is -2.43. The summed E-state index contributed by atoms with van der Waals surface area (Å²) in [6.07, 6.45) is 22.0. The molecular formula is C28H45N5S. The first-order valence-corrected chi connectivity index (χ1v) is 14.4. The lowest BCUT2D eigenvalue weighted by Crippen LogP contribution is -2.52. The van der Waals surface area contributed by atoms with Crippen molar-refractivity contribution in [2.45, 2.75) is 63.7 Å². The van der Waals surface area contributed by atoms with E-state index in [4.69, 9.17) is 9.97 Å². The molecule has 1 atom stereocenters. The minimum Gasteiger partial charge on any atom is -0.338 e. The van der Waals surface area contributed by atoms with E-state index >= 15 is 0 Å². The number of anilines is 1. The van der Waals surface area contributed by atoms with E-state index in [9.17, 15) is 0 Å². The highest BCUT2D eigenvalue weighted by Gasteiger charge is 2.29. The van der Waals surface area contributed by atoms with Gasteiger partial charge in [0.25, 0.3) is 0 Å². The summed E-state index contributed by atoms with van der Waals surface area (Å²) in [5.41, 5.74) is 2.61. The van der Waals surface area contributed by atoms with E-state index < -0.39 is 0 Å². The highest BCUT2D eigenvalue weighted by Crippen LogP contribution is 2.26. The van der Waals surface area contributed by atoms with Crippen LogP contribution in [0.5, 0.6) is 0 Å². The number of rotatable bonds is 8. The minimum atomic E-state index is 0.685. The Morgan fingerprint density at radius 3 is 2.53 bits per heavy atom. The molecule has 0 spiro atoms. The van der Waals surface area contributed by atoms with Gasteiger partial charge in [-0.2, -0.15) is 11.8 Å². The largest absolute Gasteiger partial charge is 0.338 e. The fourth-order valence-electron chi connectivity index (χ4n) is 4.73. The molecule has 188 valence electrons. The van der Waals surface area contributed by atoms with Gasteiger partial charge in [0.05, 0.1) is 5.69 Å². The maximum atomic E-state index is 4.99. The smallest absolute Gasteiger partial charge is 0.225 e. The number of hydrogen-bond acceptors (Lipinski definition) is 6. The predicted octanol–water partition coefficient (Wildman–Crippen LogP) is 5.00. The van der Waals surface area contributed by atoms with Crippen molar-refractivity contribution in [3.05, 3.63) is 54.4 Å². The minimum absolute atomic E-state index is 0.685. The molecule has 34 heavy (non-hydrogen) atoms. The number of piperazine rings is 1. The number of hydrogen-bond donors (Lipinski definition) is 0. The first-order chi connectivity index (χ1) is 16.6. The molecule has 3 aliphatic rings. The number of nitrogens with zero attached hydrogens (tertiary/aromatic N) is 5. The highest BCUT2D eigenvalue weighted by atomic mass is 32.2. The molecule has 1 aromatic rings. The Morgan fingerprint density at radius 2 is 1.91 bits per heavy atom. The second-order valence-corrected chi connectivity index (χ2v) is 10.7. The average molecular weight is 484 g/mol. The molecule has 0 aromatic carbocycles. The Kier molecular flexibility index (Phi) is 11.7. The molecule has 1 saturated heterocycles. The maximum absolute atomic E-state index is 4.99. The standard InChI is InChI=1S/C22H33N5.C6H12S/c1-2-3-4-5-11-25-12-9-19-18-23-22(24-21(19)10-13-25)27-16-14-26(15-17-27)20-7-6-8-20;1-4-5-6(2)7-3/h2-4,18,20H,1,5-17H2;4-6H,1-3H3/b4-3+;5-4-. The molecule has 3 heterocycles. The molecule has 2 aliphatic heterocycles. The lowest BCUT2D eigenvalue weighted by molar-refractivity contribution is 0.120. The van der Waals surface area contributed by atoms with Crippen LogP contribution in [0.2, 0.25) is 0 Å². The second kappa shape index (κ2) is 14.7. The van der Waals surface area contributed by atoms with Crippen molar-refractivity contribution in [3.63, 3.8) is 0 Å². The van der Waals surface area contributed by atoms with E-state index in [1.807, 2.05) is 30.8 Å². The van der Waals surface area contributed by atoms with Gasteiger partial charge in [0.15, 0.2) is 0 Å². The van der Waals surface area contributed by atoms with Gasteiger partial charge in [-0.15, -0.1) is 0 Å². The normalized spacial score (nSPS) is 21.0. The van der Waals surface area contributed by atoms with Crippen LogP contribution in [0.3, 0.4) is 0 Å². The molecule has 0 radical (unpaired) electrons. The average Bonchev–Trinajstić information content (AvgIpc) is 3.04. The lowest BCUT2D eigenvalue weighted by atomic mass is 9.91. The molecule has 4 rings (SSSR count). The molecule has 2 fully saturated rings. The van der Waals surface area contributed by atoms with E-state index in [0.29, 0.717) is 5.25 Å². The van der Waals surface area contributed by atoms with Crippen molar-refractivity contribution in [2.75, 3.05) is 57.0 Å². The molecular weight excluding hydrogens is 438 g/mol. The quantitative estimate of drug-likeness (QED) is 0.383. The SMILES string of the molecule is C/C=C\C(C)SC.C=C/C=C/CCN1CCc2cnc(N3CCN(C4CCC4)CC3)nc2CC1. The number of allylic oxidation sites excluding steroid dienone is 3. The van der Waals surface area contributed by atoms with Gasteiger partial charge >= 0.3 is 0 Å². The molecule has 1 saturated carbocycles. The fourth-order valence-corrected chi connectivity index (χ4v) is 5.04. The zero-order valence-electron chi connectivity index (χ0n) is 21.7. The number of aromatic nitrogens is 2. The Bertz CT molecular complexity index is 796. The number of fused-ring (bicyclic) bond motifs is 1. The van der Waals surface area contributed by atoms with Gasteiger partial charge in [-0.25, -0.2) is 9.97 Å². The van der Waals surface area contributed by atoms with E-state index in [0.717, 1.165) is 77.1 Å². The third-order valence-electron chi connectivity index (χ3n) is 7.21. The molecule has 1 unspecified atom stereocenters. The van der Waals surface area contributed by atoms with E-state index in [1.165, 1.54) is 30.5 Å². The van der Waals surface area contributed by atoms with Crippen molar-refractivity contribution in [1.29, 1.82) is 0 Å². The molecule has 6 heteroatoms. The molecule has 0 bridgehead atoms. The van der Waals surface area contributed by atoms with Gasteiger partial charge in [-0.1, -0.05) is 43.4 Å². The van der Waals surface area contributed by atoms with Crippen molar-refractivity contribution in [3.8, 4) is 0 Å². The first kappa shape index (κ1) is 27.0. The molecule has 0 amide bonds. The Balaban J connectivity index is 0.000000406. The molecule has 1 aliphatic carbocycles. The van der Waals surface area contributed by atoms with Crippen LogP contribution < -0.4 is 4.90 Å². The van der Waals surface area contributed by atoms with Crippen molar-refractivity contribution in [1.82, 2.24) is 19.8 Å². The predicted molar refractivity (Wildman–Crippen MR) is 149 cm³/mol.